The fourth-order valence-corrected chi connectivity index (χ4v) is 10.4. The minimum Gasteiger partial charge on any atom is -0.309 e. The van der Waals surface area contributed by atoms with Gasteiger partial charge in [0, 0.05) is 57.8 Å². The van der Waals surface area contributed by atoms with Crippen LogP contribution in [0.5, 0.6) is 0 Å². The molecular weight excluding hydrogens is 669 g/mol. The summed E-state index contributed by atoms with van der Waals surface area (Å²) in [4.78, 5) is 2.49. The summed E-state index contributed by atoms with van der Waals surface area (Å²) in [5.41, 5.74) is 9.51. The Morgan fingerprint density at radius 3 is 1.85 bits per heavy atom. The van der Waals surface area contributed by atoms with Crippen LogP contribution in [0.1, 0.15) is 0 Å². The summed E-state index contributed by atoms with van der Waals surface area (Å²) in [6.07, 6.45) is 0. The first-order chi connectivity index (χ1) is 25.8. The molecule has 0 unspecified atom stereocenters. The SMILES string of the molecule is c1ccc(-n2c3ccccc3c3ccc(-c4ccc(N(c5cccc6c5sc5ccccc56)c5cccc6sc7ccccc7c56)cc4)cc32)cc1. The van der Waals surface area contributed by atoms with Gasteiger partial charge in [0.25, 0.3) is 0 Å². The molecule has 0 N–H and O–H groups in total. The number of fused-ring (bicyclic) bond motifs is 9. The van der Waals surface area contributed by atoms with Gasteiger partial charge in [-0.2, -0.15) is 0 Å². The molecule has 0 saturated carbocycles. The molecule has 0 aliphatic rings. The van der Waals surface area contributed by atoms with Crippen LogP contribution in [0.3, 0.4) is 0 Å². The quantitative estimate of drug-likeness (QED) is 0.174. The molecule has 11 rings (SSSR count). The average Bonchev–Trinajstić information content (AvgIpc) is 3.89. The van der Waals surface area contributed by atoms with Crippen LogP contribution in [0.4, 0.5) is 17.1 Å². The molecule has 0 saturated heterocycles. The molecule has 8 aromatic carbocycles. The molecule has 0 aliphatic heterocycles. The number of rotatable bonds is 5. The molecule has 0 fully saturated rings. The van der Waals surface area contributed by atoms with Crippen LogP contribution in [0, 0.1) is 0 Å². The van der Waals surface area contributed by atoms with E-state index in [1.54, 1.807) is 0 Å². The van der Waals surface area contributed by atoms with Crippen LogP contribution in [0.15, 0.2) is 182 Å². The Labute approximate surface area is 308 Å². The molecule has 2 nitrogen and oxygen atoms in total. The minimum absolute atomic E-state index is 1.14. The molecular formula is C48H30N2S2. The Morgan fingerprint density at radius 1 is 0.385 bits per heavy atom. The van der Waals surface area contributed by atoms with Gasteiger partial charge in [-0.05, 0) is 77.9 Å². The third-order valence-electron chi connectivity index (χ3n) is 10.4. The summed E-state index contributed by atoms with van der Waals surface area (Å²) < 4.78 is 7.60. The summed E-state index contributed by atoms with van der Waals surface area (Å²) >= 11 is 3.74. The van der Waals surface area contributed by atoms with E-state index in [0.29, 0.717) is 0 Å². The molecule has 3 aromatic heterocycles. The molecule has 0 amide bonds. The minimum atomic E-state index is 1.14. The van der Waals surface area contributed by atoms with E-state index in [-0.39, 0.29) is 0 Å². The van der Waals surface area contributed by atoms with Gasteiger partial charge in [-0.25, -0.2) is 0 Å². The number of hydrogen-bond acceptors (Lipinski definition) is 3. The average molecular weight is 699 g/mol. The highest BCUT2D eigenvalue weighted by Gasteiger charge is 2.22. The van der Waals surface area contributed by atoms with Crippen molar-refractivity contribution in [3.05, 3.63) is 182 Å². The topological polar surface area (TPSA) is 8.17 Å². The van der Waals surface area contributed by atoms with Crippen LogP contribution in [-0.4, -0.2) is 4.57 Å². The van der Waals surface area contributed by atoms with Crippen LogP contribution < -0.4 is 4.90 Å². The first-order valence-corrected chi connectivity index (χ1v) is 19.2. The summed E-state index contributed by atoms with van der Waals surface area (Å²) in [5, 5.41) is 7.73. The van der Waals surface area contributed by atoms with Crippen molar-refractivity contribution in [2.45, 2.75) is 0 Å². The molecule has 4 heteroatoms. The summed E-state index contributed by atoms with van der Waals surface area (Å²) in [6, 6.07) is 66.6. The predicted molar refractivity (Wildman–Crippen MR) is 227 cm³/mol. The monoisotopic (exact) mass is 698 g/mol. The van der Waals surface area contributed by atoms with Crippen molar-refractivity contribution in [2.75, 3.05) is 4.90 Å². The fourth-order valence-electron chi connectivity index (χ4n) is 8.07. The molecule has 0 bridgehead atoms. The molecule has 0 atom stereocenters. The van der Waals surface area contributed by atoms with Gasteiger partial charge in [0.15, 0.2) is 0 Å². The maximum absolute atomic E-state index is 2.49. The predicted octanol–water partition coefficient (Wildman–Crippen LogP) is 14.7. The highest BCUT2D eigenvalue weighted by Crippen LogP contribution is 2.49. The van der Waals surface area contributed by atoms with Crippen molar-refractivity contribution in [1.29, 1.82) is 0 Å². The van der Waals surface area contributed by atoms with Crippen molar-refractivity contribution in [1.82, 2.24) is 4.57 Å². The third kappa shape index (κ3) is 4.48. The molecule has 11 aromatic rings. The van der Waals surface area contributed by atoms with Crippen LogP contribution >= 0.6 is 22.7 Å². The van der Waals surface area contributed by atoms with Gasteiger partial charge in [-0.15, -0.1) is 22.7 Å². The highest BCUT2D eigenvalue weighted by atomic mass is 32.1. The zero-order chi connectivity index (χ0) is 34.2. The van der Waals surface area contributed by atoms with Crippen molar-refractivity contribution in [2.24, 2.45) is 0 Å². The van der Waals surface area contributed by atoms with Gasteiger partial charge in [-0.3, -0.25) is 0 Å². The number of benzene rings is 8. The zero-order valence-corrected chi connectivity index (χ0v) is 29.7. The molecule has 0 spiro atoms. The Bertz CT molecular complexity index is 3130. The lowest BCUT2D eigenvalue weighted by Gasteiger charge is -2.27. The normalized spacial score (nSPS) is 11.8. The number of hydrogen-bond donors (Lipinski definition) is 0. The molecule has 3 heterocycles. The van der Waals surface area contributed by atoms with Crippen LogP contribution in [-0.2, 0) is 0 Å². The van der Waals surface area contributed by atoms with E-state index < -0.39 is 0 Å². The number of thiophene rings is 2. The van der Waals surface area contributed by atoms with Gasteiger partial charge in [0.1, 0.15) is 0 Å². The van der Waals surface area contributed by atoms with E-state index in [9.17, 15) is 0 Å². The molecule has 244 valence electrons. The first kappa shape index (κ1) is 29.5. The van der Waals surface area contributed by atoms with Crippen LogP contribution in [0.2, 0.25) is 0 Å². The Balaban J connectivity index is 1.11. The lowest BCUT2D eigenvalue weighted by atomic mass is 10.0. The zero-order valence-electron chi connectivity index (χ0n) is 28.0. The summed E-state index contributed by atoms with van der Waals surface area (Å²) in [5.74, 6) is 0. The number of anilines is 3. The largest absolute Gasteiger partial charge is 0.309 e. The van der Waals surface area contributed by atoms with Gasteiger partial charge >= 0.3 is 0 Å². The van der Waals surface area contributed by atoms with Crippen molar-refractivity contribution < 1.29 is 0 Å². The van der Waals surface area contributed by atoms with E-state index in [0.717, 1.165) is 5.69 Å². The van der Waals surface area contributed by atoms with E-state index >= 15 is 0 Å². The summed E-state index contributed by atoms with van der Waals surface area (Å²) in [7, 11) is 0. The highest BCUT2D eigenvalue weighted by molar-refractivity contribution is 7.26. The number of nitrogens with zero attached hydrogens (tertiary/aromatic N) is 2. The van der Waals surface area contributed by atoms with Gasteiger partial charge in [0.2, 0.25) is 0 Å². The maximum atomic E-state index is 2.49. The second kappa shape index (κ2) is 11.7. The first-order valence-electron chi connectivity index (χ1n) is 17.6. The van der Waals surface area contributed by atoms with Gasteiger partial charge in [0.05, 0.1) is 27.1 Å². The number of para-hydroxylation sites is 2. The van der Waals surface area contributed by atoms with E-state index in [4.69, 9.17) is 0 Å². The van der Waals surface area contributed by atoms with Crippen molar-refractivity contribution in [3.63, 3.8) is 0 Å². The molecule has 0 aliphatic carbocycles. The number of aromatic nitrogens is 1. The molecule has 52 heavy (non-hydrogen) atoms. The van der Waals surface area contributed by atoms with Crippen LogP contribution in [0.25, 0.3) is 79.0 Å². The second-order valence-corrected chi connectivity index (χ2v) is 15.4. The van der Waals surface area contributed by atoms with Crippen molar-refractivity contribution in [3.8, 4) is 16.8 Å². The van der Waals surface area contributed by atoms with E-state index in [1.165, 1.54) is 90.3 Å². The van der Waals surface area contributed by atoms with Gasteiger partial charge in [-0.1, -0.05) is 115 Å². The van der Waals surface area contributed by atoms with E-state index in [1.807, 2.05) is 22.7 Å². The Morgan fingerprint density at radius 2 is 1.00 bits per heavy atom. The van der Waals surface area contributed by atoms with E-state index in [2.05, 4.69) is 191 Å². The summed E-state index contributed by atoms with van der Waals surface area (Å²) in [6.45, 7) is 0. The molecule has 0 radical (unpaired) electrons. The lowest BCUT2D eigenvalue weighted by Crippen LogP contribution is -2.10. The standard InChI is InChI=1S/C48H30N2S2/c1-2-12-33(13-3-1)49-40-18-7-4-14-35(40)36-29-26-32(30-43(36)49)31-24-27-34(28-25-31)50(41-19-11-23-46-47(41)39-16-6-9-22-45(39)51-46)42-20-10-17-38-37-15-5-8-21-44(37)52-48(38)42/h1-30H. The lowest BCUT2D eigenvalue weighted by molar-refractivity contribution is 1.18. The Kier molecular flexibility index (Phi) is 6.63. The van der Waals surface area contributed by atoms with Crippen molar-refractivity contribution >= 4 is 102 Å². The Hall–Kier alpha value is -6.20. The second-order valence-electron chi connectivity index (χ2n) is 13.3. The fraction of sp³-hybridized carbons (Fsp3) is 0. The smallest absolute Gasteiger partial charge is 0.0640 e. The third-order valence-corrected chi connectivity index (χ3v) is 12.7. The van der Waals surface area contributed by atoms with Gasteiger partial charge < -0.3 is 9.47 Å². The maximum Gasteiger partial charge on any atom is 0.0640 e.